The van der Waals surface area contributed by atoms with Crippen molar-refractivity contribution in [1.29, 1.82) is 0 Å². The lowest BCUT2D eigenvalue weighted by molar-refractivity contribution is -0.488. The molecule has 0 radical (unpaired) electrons. The highest BCUT2D eigenvalue weighted by Crippen LogP contribution is 2.19. The Morgan fingerprint density at radius 2 is 1.90 bits per heavy atom. The summed E-state index contributed by atoms with van der Waals surface area (Å²) in [6.07, 6.45) is 4.91. The van der Waals surface area contributed by atoms with Crippen LogP contribution in [0.2, 0.25) is 5.15 Å². The molecule has 4 aromatic rings. The molecule has 2 aromatic carbocycles. The van der Waals surface area contributed by atoms with E-state index in [0.29, 0.717) is 28.2 Å². The Morgan fingerprint density at radius 3 is 2.69 bits per heavy atom. The Kier molecular flexibility index (Phi) is 5.33. The van der Waals surface area contributed by atoms with E-state index in [0.717, 1.165) is 11.3 Å². The van der Waals surface area contributed by atoms with Gasteiger partial charge in [-0.2, -0.15) is 4.98 Å². The largest absolute Gasteiger partial charge is 0.322 e. The average molecular weight is 406 g/mol. The van der Waals surface area contributed by atoms with Crippen molar-refractivity contribution < 1.29 is 10.1 Å². The van der Waals surface area contributed by atoms with Crippen LogP contribution in [-0.4, -0.2) is 25.4 Å². The molecule has 0 aliphatic heterocycles. The van der Waals surface area contributed by atoms with Crippen molar-refractivity contribution in [3.63, 3.8) is 0 Å². The molecule has 0 atom stereocenters. The number of amides is 1. The first-order valence-corrected chi connectivity index (χ1v) is 9.31. The lowest BCUT2D eigenvalue weighted by Gasteiger charge is -2.09. The third-order valence-electron chi connectivity index (χ3n) is 4.39. The van der Waals surface area contributed by atoms with Gasteiger partial charge in [-0.1, -0.05) is 35.9 Å². The monoisotopic (exact) mass is 405 g/mol. The van der Waals surface area contributed by atoms with Crippen molar-refractivity contribution in [3.05, 3.63) is 89.6 Å². The molecular formula is C21H18ClN6O+. The molecule has 2 heterocycles. The number of halogens is 1. The minimum Gasteiger partial charge on any atom is -0.322 e. The molecule has 0 fully saturated rings. The molecule has 8 heteroatoms. The number of anilines is 1. The molecule has 3 N–H and O–H groups in total. The van der Waals surface area contributed by atoms with E-state index in [9.17, 15) is 4.79 Å². The average Bonchev–Trinajstić information content (AvgIpc) is 3.19. The first kappa shape index (κ1) is 18.8. The third-order valence-corrected chi connectivity index (χ3v) is 4.60. The Bertz CT molecular complexity index is 1160. The van der Waals surface area contributed by atoms with Gasteiger partial charge in [-0.3, -0.25) is 4.79 Å². The molecular weight excluding hydrogens is 388 g/mol. The van der Waals surface area contributed by atoms with Crippen LogP contribution in [0.3, 0.4) is 0 Å². The summed E-state index contributed by atoms with van der Waals surface area (Å²) in [7, 11) is 0. The predicted molar refractivity (Wildman–Crippen MR) is 111 cm³/mol. The molecule has 144 valence electrons. The Balaban J connectivity index is 1.58. The number of carbonyl (C=O) groups excluding carboxylic acids is 1. The van der Waals surface area contributed by atoms with Gasteiger partial charge in [-0.15, -0.1) is 0 Å². The zero-order valence-corrected chi connectivity index (χ0v) is 16.3. The molecule has 0 saturated heterocycles. The van der Waals surface area contributed by atoms with Crippen molar-refractivity contribution in [2.24, 2.45) is 0 Å². The summed E-state index contributed by atoms with van der Waals surface area (Å²) >= 11 is 5.98. The molecule has 1 amide bonds. The van der Waals surface area contributed by atoms with Crippen LogP contribution in [0.15, 0.2) is 73.3 Å². The minimum absolute atomic E-state index is 0.155. The number of aromatic nitrogens is 4. The van der Waals surface area contributed by atoms with E-state index < -0.39 is 0 Å². The zero-order chi connectivity index (χ0) is 20.2. The lowest BCUT2D eigenvalue weighted by Crippen LogP contribution is -2.73. The Hall–Kier alpha value is -3.55. The van der Waals surface area contributed by atoms with Crippen molar-refractivity contribution in [1.82, 2.24) is 19.5 Å². The van der Waals surface area contributed by atoms with E-state index in [1.165, 1.54) is 6.33 Å². The van der Waals surface area contributed by atoms with Gasteiger partial charge in [0.15, 0.2) is 0 Å². The fraction of sp³-hybridized carbons (Fsp3) is 0.0476. The summed E-state index contributed by atoms with van der Waals surface area (Å²) in [5.41, 5.74) is 3.30. The molecule has 0 saturated carbocycles. The van der Waals surface area contributed by atoms with Gasteiger partial charge in [-0.05, 0) is 25.1 Å². The molecule has 2 aromatic heterocycles. The number of nitrogens with zero attached hydrogens (tertiary/aromatic N) is 4. The summed E-state index contributed by atoms with van der Waals surface area (Å²) in [4.78, 5) is 25.0. The highest BCUT2D eigenvalue weighted by atomic mass is 35.5. The fourth-order valence-electron chi connectivity index (χ4n) is 2.88. The molecule has 29 heavy (non-hydrogen) atoms. The summed E-state index contributed by atoms with van der Waals surface area (Å²) < 4.78 is 1.82. The van der Waals surface area contributed by atoms with Crippen LogP contribution in [0.1, 0.15) is 15.9 Å². The number of carbonyl (C=O) groups is 1. The fourth-order valence-corrected chi connectivity index (χ4v) is 3.02. The van der Waals surface area contributed by atoms with E-state index in [2.05, 4.69) is 20.3 Å². The molecule has 0 unspecified atom stereocenters. The number of hydrogen-bond donors (Lipinski definition) is 2. The second kappa shape index (κ2) is 8.22. The molecule has 4 rings (SSSR count). The number of benzene rings is 2. The normalized spacial score (nSPS) is 10.7. The smallest absolute Gasteiger partial charge is 0.316 e. The van der Waals surface area contributed by atoms with Crippen LogP contribution in [0.5, 0.6) is 0 Å². The molecule has 0 bridgehead atoms. The SMILES string of the molecule is Cc1ccc(NC(=O)c2ccccc2)cc1[NH2+]c1nccn1-c1cc(Cl)ncn1. The number of quaternary nitrogens is 1. The number of aryl methyl sites for hydroxylation is 1. The van der Waals surface area contributed by atoms with Crippen LogP contribution >= 0.6 is 11.6 Å². The topological polar surface area (TPSA) is 89.3 Å². The van der Waals surface area contributed by atoms with E-state index in [1.807, 2.05) is 53.2 Å². The number of imidazole rings is 1. The van der Waals surface area contributed by atoms with Crippen molar-refractivity contribution in [2.45, 2.75) is 6.92 Å². The van der Waals surface area contributed by atoms with Crippen molar-refractivity contribution >= 4 is 34.8 Å². The first-order valence-electron chi connectivity index (χ1n) is 8.93. The molecule has 0 aliphatic carbocycles. The number of nitrogens with two attached hydrogens (primary N) is 1. The Labute approximate surface area is 172 Å². The number of hydrogen-bond acceptors (Lipinski definition) is 4. The van der Waals surface area contributed by atoms with E-state index >= 15 is 0 Å². The minimum atomic E-state index is -0.155. The predicted octanol–water partition coefficient (Wildman–Crippen LogP) is 3.40. The van der Waals surface area contributed by atoms with Gasteiger partial charge in [0.05, 0.1) is 6.20 Å². The van der Waals surface area contributed by atoms with Crippen LogP contribution < -0.4 is 10.6 Å². The quantitative estimate of drug-likeness (QED) is 0.393. The van der Waals surface area contributed by atoms with E-state index in [1.54, 1.807) is 30.6 Å². The first-order chi connectivity index (χ1) is 14.1. The van der Waals surface area contributed by atoms with Gasteiger partial charge in [0, 0.05) is 35.1 Å². The van der Waals surface area contributed by atoms with E-state index in [-0.39, 0.29) is 5.91 Å². The zero-order valence-electron chi connectivity index (χ0n) is 15.6. The molecule has 7 nitrogen and oxygen atoms in total. The van der Waals surface area contributed by atoms with Crippen molar-refractivity contribution in [2.75, 3.05) is 5.32 Å². The van der Waals surface area contributed by atoms with Gasteiger partial charge in [-0.25, -0.2) is 19.9 Å². The summed E-state index contributed by atoms with van der Waals surface area (Å²) in [5.74, 6) is 1.16. The lowest BCUT2D eigenvalue weighted by atomic mass is 10.1. The summed E-state index contributed by atoms with van der Waals surface area (Å²) in [6, 6.07) is 16.5. The number of nitrogens with one attached hydrogen (secondary N) is 1. The van der Waals surface area contributed by atoms with Crippen LogP contribution in [0.4, 0.5) is 17.3 Å². The Morgan fingerprint density at radius 1 is 1.07 bits per heavy atom. The van der Waals surface area contributed by atoms with Crippen LogP contribution in [0, 0.1) is 6.92 Å². The maximum absolute atomic E-state index is 12.4. The second-order valence-corrected chi connectivity index (χ2v) is 6.78. The third kappa shape index (κ3) is 4.31. The standard InChI is InChI=1S/C21H17ClN6O/c1-14-7-8-16(26-20(29)15-5-3-2-4-6-15)11-17(14)27-21-23-9-10-28(21)19-12-18(22)24-13-25-19/h2-13H,1H3,(H,23,27)(H,26,29)/p+1. The van der Waals surface area contributed by atoms with Crippen LogP contribution in [-0.2, 0) is 0 Å². The highest BCUT2D eigenvalue weighted by Gasteiger charge is 2.15. The van der Waals surface area contributed by atoms with Gasteiger partial charge in [0.2, 0.25) is 0 Å². The highest BCUT2D eigenvalue weighted by molar-refractivity contribution is 6.29. The van der Waals surface area contributed by atoms with Crippen molar-refractivity contribution in [3.8, 4) is 5.82 Å². The second-order valence-electron chi connectivity index (χ2n) is 6.39. The molecule has 0 aliphatic rings. The maximum Gasteiger partial charge on any atom is 0.316 e. The van der Waals surface area contributed by atoms with Gasteiger partial charge >= 0.3 is 5.95 Å². The molecule has 0 spiro atoms. The van der Waals surface area contributed by atoms with Gasteiger partial charge in [0.25, 0.3) is 5.91 Å². The van der Waals surface area contributed by atoms with Gasteiger partial charge < -0.3 is 5.32 Å². The summed E-state index contributed by atoms with van der Waals surface area (Å²) in [5, 5.41) is 5.23. The van der Waals surface area contributed by atoms with Gasteiger partial charge in [0.1, 0.15) is 23.0 Å². The van der Waals surface area contributed by atoms with E-state index in [4.69, 9.17) is 11.6 Å². The van der Waals surface area contributed by atoms with Crippen LogP contribution in [0.25, 0.3) is 5.82 Å². The maximum atomic E-state index is 12.4. The summed E-state index contributed by atoms with van der Waals surface area (Å²) in [6.45, 7) is 2.00. The number of rotatable bonds is 5.